The van der Waals surface area contributed by atoms with Gasteiger partial charge in [0, 0.05) is 54.9 Å². The lowest BCUT2D eigenvalue weighted by atomic mass is 10.0. The van der Waals surface area contributed by atoms with Crippen molar-refractivity contribution in [2.75, 3.05) is 19.0 Å². The molecule has 1 atom stereocenters. The monoisotopic (exact) mass is 486 g/mol. The Morgan fingerprint density at radius 2 is 1.83 bits per heavy atom. The number of fused-ring (bicyclic) bond motifs is 1. The average molecular weight is 487 g/mol. The minimum atomic E-state index is -0.247. The largest absolute Gasteiger partial charge is 0.378 e. The van der Waals surface area contributed by atoms with Crippen LogP contribution in [0.3, 0.4) is 0 Å². The first-order valence-electron chi connectivity index (χ1n) is 12.1. The molecule has 1 aromatic carbocycles. The Morgan fingerprint density at radius 1 is 1.11 bits per heavy atom. The average Bonchev–Trinajstić information content (AvgIpc) is 3.29. The van der Waals surface area contributed by atoms with E-state index in [0.29, 0.717) is 17.7 Å². The summed E-state index contributed by atoms with van der Waals surface area (Å²) >= 11 is 0. The van der Waals surface area contributed by atoms with Crippen LogP contribution in [0.2, 0.25) is 0 Å². The number of benzene rings is 1. The van der Waals surface area contributed by atoms with Gasteiger partial charge in [0.25, 0.3) is 11.5 Å². The van der Waals surface area contributed by atoms with Crippen LogP contribution in [0.15, 0.2) is 59.5 Å². The number of hydrogen-bond donors (Lipinski definition) is 2. The summed E-state index contributed by atoms with van der Waals surface area (Å²) in [7, 11) is 4.03. The third-order valence-electron chi connectivity index (χ3n) is 6.62. The smallest absolute Gasteiger partial charge is 0.253 e. The summed E-state index contributed by atoms with van der Waals surface area (Å²) in [6.45, 7) is 8.30. The molecule has 4 rings (SSSR count). The maximum Gasteiger partial charge on any atom is 0.253 e. The molecule has 7 heteroatoms. The van der Waals surface area contributed by atoms with Crippen LogP contribution in [0.4, 0.5) is 5.69 Å². The number of aryl methyl sites for hydroxylation is 2. The number of anilines is 1. The van der Waals surface area contributed by atoms with Crippen molar-refractivity contribution in [3.05, 3.63) is 104 Å². The quantitative estimate of drug-likeness (QED) is 0.374. The fourth-order valence-corrected chi connectivity index (χ4v) is 4.60. The van der Waals surface area contributed by atoms with Gasteiger partial charge in [0.15, 0.2) is 0 Å². The molecule has 4 aromatic rings. The molecular formula is C29H34N4O3. The van der Waals surface area contributed by atoms with Gasteiger partial charge in [-0.25, -0.2) is 0 Å². The second-order valence-corrected chi connectivity index (χ2v) is 9.51. The molecule has 0 aliphatic rings. The topological polar surface area (TPSA) is 78.8 Å². The Bertz CT molecular complexity index is 1450. The zero-order valence-corrected chi connectivity index (χ0v) is 21.8. The first kappa shape index (κ1) is 25.3. The van der Waals surface area contributed by atoms with Crippen LogP contribution in [0.5, 0.6) is 0 Å². The van der Waals surface area contributed by atoms with Gasteiger partial charge in [-0.1, -0.05) is 12.1 Å². The Balaban J connectivity index is 1.56. The number of aromatic nitrogens is 2. The highest BCUT2D eigenvalue weighted by atomic mass is 16.5. The lowest BCUT2D eigenvalue weighted by Crippen LogP contribution is -2.29. The highest BCUT2D eigenvalue weighted by Gasteiger charge is 2.20. The number of rotatable bonds is 8. The van der Waals surface area contributed by atoms with Crippen LogP contribution >= 0.6 is 0 Å². The normalized spacial score (nSPS) is 12.1. The Hall–Kier alpha value is -3.84. The molecule has 3 aromatic heterocycles. The van der Waals surface area contributed by atoms with E-state index in [1.54, 1.807) is 0 Å². The standard InChI is InChI=1S/C29H34N4O3/c1-18-14-19(2)31-29(35)26(18)16-30-28(34)25-15-24-8-7-13-33(24)27(20(25)3)21(4)36-17-22-9-11-23(12-10-22)32(5)6/h7-15,21H,16-17H2,1-6H3,(H,30,34)(H,31,35). The van der Waals surface area contributed by atoms with E-state index < -0.39 is 0 Å². The third-order valence-corrected chi connectivity index (χ3v) is 6.62. The van der Waals surface area contributed by atoms with Gasteiger partial charge in [0.2, 0.25) is 0 Å². The Morgan fingerprint density at radius 3 is 2.50 bits per heavy atom. The van der Waals surface area contributed by atoms with E-state index >= 15 is 0 Å². The number of H-pyrrole nitrogens is 1. The highest BCUT2D eigenvalue weighted by Crippen LogP contribution is 2.27. The number of ether oxygens (including phenoxy) is 1. The summed E-state index contributed by atoms with van der Waals surface area (Å²) in [5, 5.41) is 2.94. The molecule has 0 spiro atoms. The first-order chi connectivity index (χ1) is 17.2. The summed E-state index contributed by atoms with van der Waals surface area (Å²) < 4.78 is 8.34. The fourth-order valence-electron chi connectivity index (χ4n) is 4.60. The molecule has 36 heavy (non-hydrogen) atoms. The minimum absolute atomic E-state index is 0.163. The number of aromatic amines is 1. The molecule has 1 unspecified atom stereocenters. The van der Waals surface area contributed by atoms with Gasteiger partial charge in [-0.15, -0.1) is 0 Å². The van der Waals surface area contributed by atoms with Crippen molar-refractivity contribution in [1.82, 2.24) is 14.7 Å². The number of carbonyl (C=O) groups excluding carboxylic acids is 1. The molecule has 3 heterocycles. The van der Waals surface area contributed by atoms with Crippen molar-refractivity contribution in [2.24, 2.45) is 0 Å². The predicted molar refractivity (Wildman–Crippen MR) is 144 cm³/mol. The molecule has 2 N–H and O–H groups in total. The Kier molecular flexibility index (Phi) is 7.31. The maximum absolute atomic E-state index is 13.3. The van der Waals surface area contributed by atoms with E-state index in [9.17, 15) is 9.59 Å². The van der Waals surface area contributed by atoms with Gasteiger partial charge >= 0.3 is 0 Å². The van der Waals surface area contributed by atoms with E-state index in [1.165, 1.54) is 0 Å². The number of nitrogens with one attached hydrogen (secondary N) is 2. The van der Waals surface area contributed by atoms with Crippen molar-refractivity contribution in [1.29, 1.82) is 0 Å². The summed E-state index contributed by atoms with van der Waals surface area (Å²) in [4.78, 5) is 30.5. The van der Waals surface area contributed by atoms with Gasteiger partial charge in [-0.3, -0.25) is 9.59 Å². The zero-order chi connectivity index (χ0) is 26.0. The van der Waals surface area contributed by atoms with Crippen molar-refractivity contribution in [2.45, 2.75) is 47.0 Å². The molecule has 0 aliphatic carbocycles. The summed E-state index contributed by atoms with van der Waals surface area (Å²) in [5.74, 6) is -0.219. The molecular weight excluding hydrogens is 452 g/mol. The van der Waals surface area contributed by atoms with Crippen LogP contribution in [-0.4, -0.2) is 29.4 Å². The molecule has 0 radical (unpaired) electrons. The Labute approximate surface area is 211 Å². The number of pyridine rings is 2. The molecule has 0 aliphatic heterocycles. The van der Waals surface area contributed by atoms with Crippen LogP contribution in [-0.2, 0) is 17.9 Å². The van der Waals surface area contributed by atoms with Crippen LogP contribution in [0.1, 0.15) is 57.0 Å². The van der Waals surface area contributed by atoms with Gasteiger partial charge < -0.3 is 24.3 Å². The highest BCUT2D eigenvalue weighted by molar-refractivity contribution is 5.97. The van der Waals surface area contributed by atoms with E-state index in [-0.39, 0.29) is 24.1 Å². The molecule has 188 valence electrons. The summed E-state index contributed by atoms with van der Waals surface area (Å²) in [5.41, 5.74) is 7.53. The van der Waals surface area contributed by atoms with Crippen molar-refractivity contribution in [3.8, 4) is 0 Å². The predicted octanol–water partition coefficient (Wildman–Crippen LogP) is 4.83. The lowest BCUT2D eigenvalue weighted by Gasteiger charge is -2.21. The van der Waals surface area contributed by atoms with Crippen LogP contribution in [0, 0.1) is 20.8 Å². The van der Waals surface area contributed by atoms with E-state index in [4.69, 9.17) is 4.74 Å². The van der Waals surface area contributed by atoms with Gasteiger partial charge in [-0.05, 0) is 80.8 Å². The van der Waals surface area contributed by atoms with Gasteiger partial charge in [0.1, 0.15) is 0 Å². The number of carbonyl (C=O) groups is 1. The van der Waals surface area contributed by atoms with Crippen molar-refractivity contribution < 1.29 is 9.53 Å². The van der Waals surface area contributed by atoms with Crippen molar-refractivity contribution >= 4 is 17.1 Å². The molecule has 7 nitrogen and oxygen atoms in total. The second kappa shape index (κ2) is 10.4. The number of amides is 1. The SMILES string of the molecule is Cc1cc(C)c(CNC(=O)c2cc3cccn3c(C(C)OCc3ccc(N(C)C)cc3)c2C)c(=O)[nH]1. The molecule has 0 saturated carbocycles. The maximum atomic E-state index is 13.3. The number of hydrogen-bond acceptors (Lipinski definition) is 4. The van der Waals surface area contributed by atoms with Crippen LogP contribution < -0.4 is 15.8 Å². The zero-order valence-electron chi connectivity index (χ0n) is 21.8. The first-order valence-corrected chi connectivity index (χ1v) is 12.1. The van der Waals surface area contributed by atoms with E-state index in [0.717, 1.165) is 39.3 Å². The third kappa shape index (κ3) is 5.21. The molecule has 0 saturated heterocycles. The second-order valence-electron chi connectivity index (χ2n) is 9.51. The minimum Gasteiger partial charge on any atom is -0.378 e. The summed E-state index contributed by atoms with van der Waals surface area (Å²) in [6.07, 6.45) is 1.74. The van der Waals surface area contributed by atoms with E-state index in [2.05, 4.69) is 43.9 Å². The number of nitrogens with zero attached hydrogens (tertiary/aromatic N) is 2. The van der Waals surface area contributed by atoms with Crippen LogP contribution in [0.25, 0.3) is 5.52 Å². The van der Waals surface area contributed by atoms with Crippen molar-refractivity contribution in [3.63, 3.8) is 0 Å². The van der Waals surface area contributed by atoms with Gasteiger partial charge in [0.05, 0.1) is 18.4 Å². The molecule has 1 amide bonds. The van der Waals surface area contributed by atoms with E-state index in [1.807, 2.05) is 72.3 Å². The lowest BCUT2D eigenvalue weighted by molar-refractivity contribution is 0.0485. The molecule has 0 bridgehead atoms. The van der Waals surface area contributed by atoms with Gasteiger partial charge in [-0.2, -0.15) is 0 Å². The molecule has 0 fully saturated rings. The fraction of sp³-hybridized carbons (Fsp3) is 0.310. The summed E-state index contributed by atoms with van der Waals surface area (Å²) in [6, 6.07) is 16.0.